The molecular formula is C10H17N3O2. The second kappa shape index (κ2) is 6.19. The first-order valence-corrected chi connectivity index (χ1v) is 5.12. The Morgan fingerprint density at radius 2 is 2.40 bits per heavy atom. The molecule has 1 heterocycles. The van der Waals surface area contributed by atoms with E-state index in [0.29, 0.717) is 0 Å². The van der Waals surface area contributed by atoms with Gasteiger partial charge in [0.15, 0.2) is 0 Å². The zero-order valence-corrected chi connectivity index (χ0v) is 8.96. The van der Waals surface area contributed by atoms with Crippen LogP contribution < -0.4 is 0 Å². The number of imidazole rings is 1. The summed E-state index contributed by atoms with van der Waals surface area (Å²) in [6.45, 7) is 4.56. The van der Waals surface area contributed by atoms with Crippen molar-refractivity contribution in [1.82, 2.24) is 14.5 Å². The van der Waals surface area contributed by atoms with Crippen LogP contribution in [0.15, 0.2) is 18.7 Å². The average molecular weight is 211 g/mol. The van der Waals surface area contributed by atoms with Gasteiger partial charge in [-0.15, -0.1) is 0 Å². The number of hydrogen-bond acceptors (Lipinski definition) is 3. The fourth-order valence-electron chi connectivity index (χ4n) is 1.44. The van der Waals surface area contributed by atoms with Crippen LogP contribution in [0, 0.1) is 0 Å². The van der Waals surface area contributed by atoms with Gasteiger partial charge >= 0.3 is 5.97 Å². The normalized spacial score (nSPS) is 10.8. The van der Waals surface area contributed by atoms with Gasteiger partial charge in [-0.05, 0) is 13.0 Å². The second-order valence-corrected chi connectivity index (χ2v) is 3.42. The first kappa shape index (κ1) is 11.7. The highest BCUT2D eigenvalue weighted by Gasteiger charge is 2.06. The van der Waals surface area contributed by atoms with Crippen LogP contribution >= 0.6 is 0 Å². The van der Waals surface area contributed by atoms with Crippen molar-refractivity contribution in [2.24, 2.45) is 0 Å². The second-order valence-electron chi connectivity index (χ2n) is 3.42. The maximum absolute atomic E-state index is 10.5. The Morgan fingerprint density at radius 1 is 1.60 bits per heavy atom. The predicted octanol–water partition coefficient (Wildman–Crippen LogP) is 0.680. The molecule has 1 N–H and O–H groups in total. The van der Waals surface area contributed by atoms with Crippen molar-refractivity contribution in [3.63, 3.8) is 0 Å². The summed E-state index contributed by atoms with van der Waals surface area (Å²) < 4.78 is 1.99. The molecule has 1 aromatic rings. The fourth-order valence-corrected chi connectivity index (χ4v) is 1.44. The highest BCUT2D eigenvalue weighted by Crippen LogP contribution is 1.95. The number of aromatic nitrogens is 2. The number of aryl methyl sites for hydroxylation is 1. The number of likely N-dealkylation sites (N-methyl/N-ethyl adjacent to an activating group) is 1. The molecule has 0 bridgehead atoms. The third-order valence-corrected chi connectivity index (χ3v) is 2.26. The minimum absolute atomic E-state index is 0.125. The Labute approximate surface area is 89.3 Å². The van der Waals surface area contributed by atoms with Gasteiger partial charge in [0.25, 0.3) is 0 Å². The molecule has 0 amide bonds. The van der Waals surface area contributed by atoms with Gasteiger partial charge in [0.1, 0.15) is 0 Å². The Morgan fingerprint density at radius 3 is 2.93 bits per heavy atom. The predicted molar refractivity (Wildman–Crippen MR) is 56.6 cm³/mol. The summed E-state index contributed by atoms with van der Waals surface area (Å²) >= 11 is 0. The molecule has 84 valence electrons. The molecule has 5 heteroatoms. The van der Waals surface area contributed by atoms with E-state index in [-0.39, 0.29) is 6.54 Å². The molecule has 0 aromatic carbocycles. The molecule has 0 aliphatic heterocycles. The first-order valence-electron chi connectivity index (χ1n) is 5.12. The third kappa shape index (κ3) is 4.60. The van der Waals surface area contributed by atoms with Gasteiger partial charge in [-0.25, -0.2) is 4.98 Å². The van der Waals surface area contributed by atoms with Crippen molar-refractivity contribution in [3.8, 4) is 0 Å². The quantitative estimate of drug-likeness (QED) is 0.720. The van der Waals surface area contributed by atoms with Crippen molar-refractivity contribution in [2.45, 2.75) is 19.9 Å². The molecular weight excluding hydrogens is 194 g/mol. The van der Waals surface area contributed by atoms with Crippen molar-refractivity contribution < 1.29 is 9.90 Å². The Balaban J connectivity index is 2.20. The van der Waals surface area contributed by atoms with Gasteiger partial charge < -0.3 is 9.67 Å². The SMILES string of the molecule is CCN(CCCn1ccnc1)CC(=O)O. The molecule has 0 spiro atoms. The standard InChI is InChI=1S/C10H17N3O2/c1-2-12(8-10(14)15)5-3-6-13-7-4-11-9-13/h4,7,9H,2-3,5-6,8H2,1H3,(H,14,15). The van der Waals surface area contributed by atoms with Gasteiger partial charge in [0.2, 0.25) is 0 Å². The van der Waals surface area contributed by atoms with Crippen LogP contribution in [0.4, 0.5) is 0 Å². The lowest BCUT2D eigenvalue weighted by molar-refractivity contribution is -0.138. The average Bonchev–Trinajstić information content (AvgIpc) is 2.68. The van der Waals surface area contributed by atoms with Crippen molar-refractivity contribution in [2.75, 3.05) is 19.6 Å². The van der Waals surface area contributed by atoms with E-state index in [1.54, 1.807) is 12.5 Å². The summed E-state index contributed by atoms with van der Waals surface area (Å²) in [5.74, 6) is -0.764. The summed E-state index contributed by atoms with van der Waals surface area (Å²) in [6.07, 6.45) is 6.37. The van der Waals surface area contributed by atoms with E-state index >= 15 is 0 Å². The fraction of sp³-hybridized carbons (Fsp3) is 0.600. The van der Waals surface area contributed by atoms with Gasteiger partial charge in [-0.2, -0.15) is 0 Å². The van der Waals surface area contributed by atoms with E-state index in [2.05, 4.69) is 4.98 Å². The molecule has 0 saturated carbocycles. The van der Waals surface area contributed by atoms with E-state index in [1.165, 1.54) is 0 Å². The van der Waals surface area contributed by atoms with E-state index in [0.717, 1.165) is 26.1 Å². The molecule has 0 fully saturated rings. The molecule has 0 aliphatic carbocycles. The van der Waals surface area contributed by atoms with Crippen LogP contribution in [0.3, 0.4) is 0 Å². The Hall–Kier alpha value is -1.36. The van der Waals surface area contributed by atoms with E-state index < -0.39 is 5.97 Å². The molecule has 0 atom stereocenters. The van der Waals surface area contributed by atoms with Crippen LogP contribution in [0.25, 0.3) is 0 Å². The van der Waals surface area contributed by atoms with E-state index in [4.69, 9.17) is 5.11 Å². The highest BCUT2D eigenvalue weighted by atomic mass is 16.4. The number of nitrogens with zero attached hydrogens (tertiary/aromatic N) is 3. The lowest BCUT2D eigenvalue weighted by Crippen LogP contribution is -2.30. The van der Waals surface area contributed by atoms with E-state index in [1.807, 2.05) is 22.6 Å². The van der Waals surface area contributed by atoms with Crippen LogP contribution in [0.5, 0.6) is 0 Å². The number of carboxylic acids is 1. The maximum atomic E-state index is 10.5. The molecule has 0 radical (unpaired) electrons. The number of hydrogen-bond donors (Lipinski definition) is 1. The van der Waals surface area contributed by atoms with Crippen LogP contribution in [-0.2, 0) is 11.3 Å². The summed E-state index contributed by atoms with van der Waals surface area (Å²) in [5.41, 5.74) is 0. The summed E-state index contributed by atoms with van der Waals surface area (Å²) in [6, 6.07) is 0. The third-order valence-electron chi connectivity index (χ3n) is 2.26. The molecule has 0 saturated heterocycles. The van der Waals surface area contributed by atoms with E-state index in [9.17, 15) is 4.79 Å². The number of carboxylic acid groups (broad SMARTS) is 1. The van der Waals surface area contributed by atoms with Crippen LogP contribution in [0.2, 0.25) is 0 Å². The Kier molecular flexibility index (Phi) is 4.83. The lowest BCUT2D eigenvalue weighted by atomic mass is 10.3. The first-order chi connectivity index (χ1) is 7.22. The minimum atomic E-state index is -0.764. The molecule has 0 aliphatic rings. The molecule has 0 unspecified atom stereocenters. The van der Waals surface area contributed by atoms with Crippen molar-refractivity contribution >= 4 is 5.97 Å². The molecule has 1 rings (SSSR count). The summed E-state index contributed by atoms with van der Waals surface area (Å²) in [4.78, 5) is 16.4. The molecule has 5 nitrogen and oxygen atoms in total. The van der Waals surface area contributed by atoms with Gasteiger partial charge in [0.05, 0.1) is 12.9 Å². The van der Waals surface area contributed by atoms with Crippen LogP contribution in [-0.4, -0.2) is 45.2 Å². The van der Waals surface area contributed by atoms with Crippen molar-refractivity contribution in [1.29, 1.82) is 0 Å². The molecule has 1 aromatic heterocycles. The zero-order chi connectivity index (χ0) is 11.1. The molecule has 15 heavy (non-hydrogen) atoms. The largest absolute Gasteiger partial charge is 0.480 e. The smallest absolute Gasteiger partial charge is 0.317 e. The van der Waals surface area contributed by atoms with Gasteiger partial charge in [-0.3, -0.25) is 9.69 Å². The number of rotatable bonds is 7. The number of aliphatic carboxylic acids is 1. The van der Waals surface area contributed by atoms with Crippen LogP contribution in [0.1, 0.15) is 13.3 Å². The summed E-state index contributed by atoms with van der Waals surface area (Å²) in [7, 11) is 0. The topological polar surface area (TPSA) is 58.4 Å². The maximum Gasteiger partial charge on any atom is 0.317 e. The summed E-state index contributed by atoms with van der Waals surface area (Å²) in [5, 5.41) is 8.64. The lowest BCUT2D eigenvalue weighted by Gasteiger charge is -2.17. The van der Waals surface area contributed by atoms with Gasteiger partial charge in [-0.1, -0.05) is 6.92 Å². The Bertz CT molecular complexity index is 285. The monoisotopic (exact) mass is 211 g/mol. The highest BCUT2D eigenvalue weighted by molar-refractivity contribution is 5.69. The van der Waals surface area contributed by atoms with Gasteiger partial charge in [0, 0.05) is 25.5 Å². The zero-order valence-electron chi connectivity index (χ0n) is 8.96. The minimum Gasteiger partial charge on any atom is -0.480 e. The van der Waals surface area contributed by atoms with Crippen molar-refractivity contribution in [3.05, 3.63) is 18.7 Å². The number of carbonyl (C=O) groups is 1.